The third-order valence-corrected chi connectivity index (χ3v) is 5.95. The van der Waals surface area contributed by atoms with Gasteiger partial charge >= 0.3 is 5.97 Å². The summed E-state index contributed by atoms with van der Waals surface area (Å²) in [5, 5.41) is 8.55. The highest BCUT2D eigenvalue weighted by Gasteiger charge is 2.35. The van der Waals surface area contributed by atoms with Crippen LogP contribution >= 0.6 is 11.8 Å². The summed E-state index contributed by atoms with van der Waals surface area (Å²) < 4.78 is 38.2. The van der Waals surface area contributed by atoms with Crippen molar-refractivity contribution < 1.29 is 37.6 Å². The maximum atomic E-state index is 12.5. The third kappa shape index (κ3) is 3.99. The van der Waals surface area contributed by atoms with Gasteiger partial charge in [0.05, 0.1) is 46.7 Å². The summed E-state index contributed by atoms with van der Waals surface area (Å²) in [7, 11) is 7.63. The SMILES string of the molecule is COc1ccc(-c2nnc(SCc3c(OC)c(OC)c(OC)c4c3C(=O)OC4)o2)cc1OC. The molecule has 0 fully saturated rings. The predicted octanol–water partition coefficient (Wildman–Crippen LogP) is 3.74. The Hall–Kier alpha value is -3.60. The number of aromatic nitrogens is 2. The number of benzene rings is 2. The average molecular weight is 474 g/mol. The number of rotatable bonds is 9. The van der Waals surface area contributed by atoms with Gasteiger partial charge in [0.25, 0.3) is 5.22 Å². The van der Waals surface area contributed by atoms with Gasteiger partial charge in [0.2, 0.25) is 11.6 Å². The van der Waals surface area contributed by atoms with E-state index in [0.29, 0.717) is 67.9 Å². The smallest absolute Gasteiger partial charge is 0.339 e. The monoisotopic (exact) mass is 474 g/mol. The minimum Gasteiger partial charge on any atom is -0.493 e. The lowest BCUT2D eigenvalue weighted by atomic mass is 10.0. The molecule has 0 bridgehead atoms. The highest BCUT2D eigenvalue weighted by atomic mass is 32.2. The maximum Gasteiger partial charge on any atom is 0.339 e. The Morgan fingerprint density at radius 2 is 1.64 bits per heavy atom. The van der Waals surface area contributed by atoms with E-state index in [1.54, 1.807) is 32.4 Å². The van der Waals surface area contributed by atoms with Gasteiger partial charge in [-0.2, -0.15) is 0 Å². The summed E-state index contributed by atoms with van der Waals surface area (Å²) in [6.07, 6.45) is 0. The van der Waals surface area contributed by atoms with Crippen LogP contribution in [0.25, 0.3) is 11.5 Å². The molecule has 174 valence electrons. The number of thioether (sulfide) groups is 1. The second-order valence-corrected chi connectivity index (χ2v) is 7.67. The van der Waals surface area contributed by atoms with E-state index in [1.165, 1.54) is 33.1 Å². The molecule has 1 aliphatic heterocycles. The molecule has 33 heavy (non-hydrogen) atoms. The van der Waals surface area contributed by atoms with Crippen molar-refractivity contribution in [2.45, 2.75) is 17.6 Å². The van der Waals surface area contributed by atoms with Crippen molar-refractivity contribution in [1.82, 2.24) is 10.2 Å². The molecule has 0 saturated carbocycles. The molecule has 10 nitrogen and oxygen atoms in total. The first-order valence-corrected chi connectivity index (χ1v) is 10.7. The lowest BCUT2D eigenvalue weighted by Crippen LogP contribution is -2.06. The first-order valence-electron chi connectivity index (χ1n) is 9.75. The van der Waals surface area contributed by atoms with Crippen LogP contribution in [0.2, 0.25) is 0 Å². The number of methoxy groups -OCH3 is 5. The van der Waals surface area contributed by atoms with E-state index < -0.39 is 5.97 Å². The summed E-state index contributed by atoms with van der Waals surface area (Å²) >= 11 is 1.26. The van der Waals surface area contributed by atoms with E-state index in [1.807, 2.05) is 0 Å². The molecule has 1 aromatic heterocycles. The van der Waals surface area contributed by atoms with Crippen LogP contribution in [-0.2, 0) is 17.1 Å². The zero-order valence-electron chi connectivity index (χ0n) is 18.7. The van der Waals surface area contributed by atoms with Crippen molar-refractivity contribution in [2.75, 3.05) is 35.5 Å². The number of esters is 1. The van der Waals surface area contributed by atoms with E-state index in [4.69, 9.17) is 32.8 Å². The fourth-order valence-electron chi connectivity index (χ4n) is 3.62. The third-order valence-electron chi connectivity index (χ3n) is 5.11. The maximum absolute atomic E-state index is 12.5. The molecule has 1 aliphatic rings. The van der Waals surface area contributed by atoms with Crippen molar-refractivity contribution in [2.24, 2.45) is 0 Å². The first kappa shape index (κ1) is 22.6. The molecule has 0 spiro atoms. The number of carbonyl (C=O) groups excluding carboxylic acids is 1. The second kappa shape index (κ2) is 9.49. The number of hydrogen-bond donors (Lipinski definition) is 0. The minimum atomic E-state index is -0.448. The molecule has 2 heterocycles. The van der Waals surface area contributed by atoms with Crippen LogP contribution in [0.3, 0.4) is 0 Å². The molecule has 0 amide bonds. The van der Waals surface area contributed by atoms with E-state index in [9.17, 15) is 4.79 Å². The van der Waals surface area contributed by atoms with E-state index in [-0.39, 0.29) is 6.61 Å². The number of ether oxygens (including phenoxy) is 6. The van der Waals surface area contributed by atoms with Gasteiger partial charge < -0.3 is 32.8 Å². The number of cyclic esters (lactones) is 1. The summed E-state index contributed by atoms with van der Waals surface area (Å²) in [5.41, 5.74) is 2.30. The fourth-order valence-corrected chi connectivity index (χ4v) is 4.40. The van der Waals surface area contributed by atoms with E-state index >= 15 is 0 Å². The second-order valence-electron chi connectivity index (χ2n) is 6.74. The zero-order chi connectivity index (χ0) is 23.5. The van der Waals surface area contributed by atoms with Gasteiger partial charge in [0, 0.05) is 16.9 Å². The standard InChI is InChI=1S/C22H22N2O8S/c1-26-14-7-6-11(8-15(14)27-2)20-23-24-22(32-20)33-10-13-16-12(9-31-21(16)25)17(28-3)19(30-5)18(13)29-4/h6-8H,9-10H2,1-5H3. The van der Waals surface area contributed by atoms with Crippen molar-refractivity contribution in [3.63, 3.8) is 0 Å². The molecule has 0 unspecified atom stereocenters. The fraction of sp³-hybridized carbons (Fsp3) is 0.318. The first-order chi connectivity index (χ1) is 16.1. The molecule has 0 radical (unpaired) electrons. The highest BCUT2D eigenvalue weighted by molar-refractivity contribution is 7.98. The summed E-state index contributed by atoms with van der Waals surface area (Å²) in [5.74, 6) is 2.51. The molecule has 3 aromatic rings. The molecule has 0 saturated heterocycles. The molecular formula is C22H22N2O8S. The molecule has 0 atom stereocenters. The Kier molecular flexibility index (Phi) is 6.50. The lowest BCUT2D eigenvalue weighted by molar-refractivity contribution is 0.0533. The van der Waals surface area contributed by atoms with Gasteiger partial charge in [-0.3, -0.25) is 0 Å². The molecular weight excluding hydrogens is 452 g/mol. The van der Waals surface area contributed by atoms with Gasteiger partial charge in [0.15, 0.2) is 23.0 Å². The van der Waals surface area contributed by atoms with Crippen LogP contribution in [0.5, 0.6) is 28.7 Å². The molecule has 11 heteroatoms. The van der Waals surface area contributed by atoms with Crippen LogP contribution < -0.4 is 23.7 Å². The Labute approximate surface area is 194 Å². The van der Waals surface area contributed by atoms with Crippen LogP contribution in [0.4, 0.5) is 0 Å². The Morgan fingerprint density at radius 3 is 2.30 bits per heavy atom. The normalized spacial score (nSPS) is 12.2. The number of nitrogens with zero attached hydrogens (tertiary/aromatic N) is 2. The summed E-state index contributed by atoms with van der Waals surface area (Å²) in [4.78, 5) is 12.5. The van der Waals surface area contributed by atoms with Crippen molar-refractivity contribution >= 4 is 17.7 Å². The quantitative estimate of drug-likeness (QED) is 0.334. The van der Waals surface area contributed by atoms with E-state index in [2.05, 4.69) is 10.2 Å². The molecule has 0 aliphatic carbocycles. The van der Waals surface area contributed by atoms with Gasteiger partial charge in [-0.1, -0.05) is 11.8 Å². The lowest BCUT2D eigenvalue weighted by Gasteiger charge is -2.18. The molecule has 4 rings (SSSR count). The highest BCUT2D eigenvalue weighted by Crippen LogP contribution is 2.49. The summed E-state index contributed by atoms with van der Waals surface area (Å²) in [6, 6.07) is 5.30. The van der Waals surface area contributed by atoms with Crippen LogP contribution in [0.1, 0.15) is 21.5 Å². The largest absolute Gasteiger partial charge is 0.493 e. The number of carbonyl (C=O) groups is 1. The van der Waals surface area contributed by atoms with Crippen molar-refractivity contribution in [3.05, 3.63) is 34.9 Å². The molecule has 2 aromatic carbocycles. The van der Waals surface area contributed by atoms with E-state index in [0.717, 1.165) is 0 Å². The topological polar surface area (TPSA) is 111 Å². The van der Waals surface area contributed by atoms with Gasteiger partial charge in [-0.25, -0.2) is 4.79 Å². The van der Waals surface area contributed by atoms with Gasteiger partial charge in [-0.15, -0.1) is 10.2 Å². The Morgan fingerprint density at radius 1 is 0.909 bits per heavy atom. The number of hydrogen-bond acceptors (Lipinski definition) is 11. The average Bonchev–Trinajstić information content (AvgIpc) is 3.48. The van der Waals surface area contributed by atoms with Gasteiger partial charge in [-0.05, 0) is 18.2 Å². The predicted molar refractivity (Wildman–Crippen MR) is 118 cm³/mol. The van der Waals surface area contributed by atoms with Crippen LogP contribution in [0, 0.1) is 0 Å². The molecule has 0 N–H and O–H groups in total. The zero-order valence-corrected chi connectivity index (χ0v) is 19.5. The van der Waals surface area contributed by atoms with Gasteiger partial charge in [0.1, 0.15) is 6.61 Å². The van der Waals surface area contributed by atoms with Crippen LogP contribution in [0.15, 0.2) is 27.8 Å². The summed E-state index contributed by atoms with van der Waals surface area (Å²) in [6.45, 7) is 0.0966. The van der Waals surface area contributed by atoms with Crippen molar-refractivity contribution in [1.29, 1.82) is 0 Å². The Bertz CT molecular complexity index is 1190. The van der Waals surface area contributed by atoms with Crippen molar-refractivity contribution in [3.8, 4) is 40.2 Å². The Balaban J connectivity index is 1.64. The van der Waals surface area contributed by atoms with Crippen LogP contribution in [-0.4, -0.2) is 51.7 Å². The minimum absolute atomic E-state index is 0.0966. The number of fused-ring (bicyclic) bond motifs is 1.